The number of aromatic nitrogens is 1. The molecule has 1 amide bonds. The summed E-state index contributed by atoms with van der Waals surface area (Å²) in [5, 5.41) is 2.79. The average molecular weight is 286 g/mol. The number of amides is 1. The van der Waals surface area contributed by atoms with Crippen molar-refractivity contribution in [1.29, 1.82) is 0 Å². The fourth-order valence-electron chi connectivity index (χ4n) is 2.05. The fourth-order valence-corrected chi connectivity index (χ4v) is 2.05. The number of fused-ring (bicyclic) bond motifs is 1. The number of carbonyl (C=O) groups is 1. The highest BCUT2D eigenvalue weighted by Gasteiger charge is 2.15. The quantitative estimate of drug-likeness (QED) is 0.935. The highest BCUT2D eigenvalue weighted by molar-refractivity contribution is 6.05. The third-order valence-corrected chi connectivity index (χ3v) is 3.01. The van der Waals surface area contributed by atoms with Crippen molar-refractivity contribution in [2.75, 3.05) is 25.6 Å². The Kier molecular flexibility index (Phi) is 3.59. The van der Waals surface area contributed by atoms with Gasteiger partial charge in [-0.15, -0.1) is 0 Å². The van der Waals surface area contributed by atoms with Gasteiger partial charge < -0.3 is 19.5 Å². The summed E-state index contributed by atoms with van der Waals surface area (Å²) in [6, 6.07) is 8.59. The molecule has 1 aromatic heterocycles. The summed E-state index contributed by atoms with van der Waals surface area (Å²) < 4.78 is 16.0. The van der Waals surface area contributed by atoms with Gasteiger partial charge in [-0.25, -0.2) is 4.98 Å². The van der Waals surface area contributed by atoms with Crippen molar-refractivity contribution in [1.82, 2.24) is 4.98 Å². The zero-order valence-electron chi connectivity index (χ0n) is 11.5. The standard InChI is InChI=1S/C15H14N2O4/c1-19-15-11(3-2-6-16-15)14(18)17-10-4-5-12-13(9-10)21-8-7-20-12/h2-6,9H,7-8H2,1H3,(H,17,18). The SMILES string of the molecule is COc1ncccc1C(=O)Nc1ccc2c(c1)OCCO2. The van der Waals surface area contributed by atoms with Crippen LogP contribution >= 0.6 is 0 Å². The maximum atomic E-state index is 12.3. The van der Waals surface area contributed by atoms with Gasteiger partial charge in [0, 0.05) is 18.0 Å². The van der Waals surface area contributed by atoms with E-state index in [0.717, 1.165) is 0 Å². The maximum absolute atomic E-state index is 12.3. The lowest BCUT2D eigenvalue weighted by Crippen LogP contribution is -2.17. The summed E-state index contributed by atoms with van der Waals surface area (Å²) in [7, 11) is 1.48. The van der Waals surface area contributed by atoms with Crippen molar-refractivity contribution in [2.45, 2.75) is 0 Å². The molecule has 0 spiro atoms. The second kappa shape index (κ2) is 5.70. The molecule has 0 bridgehead atoms. The molecule has 0 saturated carbocycles. The summed E-state index contributed by atoms with van der Waals surface area (Å²) in [5.41, 5.74) is 0.991. The molecule has 0 unspecified atom stereocenters. The molecule has 1 aromatic carbocycles. The smallest absolute Gasteiger partial charge is 0.261 e. The summed E-state index contributed by atoms with van der Waals surface area (Å²) >= 11 is 0. The van der Waals surface area contributed by atoms with Crippen LogP contribution in [0.15, 0.2) is 36.5 Å². The number of nitrogens with one attached hydrogen (secondary N) is 1. The van der Waals surface area contributed by atoms with Crippen LogP contribution in [0.25, 0.3) is 0 Å². The van der Waals surface area contributed by atoms with Gasteiger partial charge in [0.05, 0.1) is 7.11 Å². The van der Waals surface area contributed by atoms with Gasteiger partial charge in [-0.05, 0) is 24.3 Å². The minimum Gasteiger partial charge on any atom is -0.486 e. The molecule has 0 saturated heterocycles. The van der Waals surface area contributed by atoms with Crippen LogP contribution in [0.3, 0.4) is 0 Å². The Hall–Kier alpha value is -2.76. The molecule has 21 heavy (non-hydrogen) atoms. The molecule has 6 nitrogen and oxygen atoms in total. The van der Waals surface area contributed by atoms with Crippen molar-refractivity contribution in [3.05, 3.63) is 42.1 Å². The van der Waals surface area contributed by atoms with Gasteiger partial charge in [0.2, 0.25) is 5.88 Å². The Morgan fingerprint density at radius 3 is 2.86 bits per heavy atom. The summed E-state index contributed by atoms with van der Waals surface area (Å²) in [6.45, 7) is 1.03. The van der Waals surface area contributed by atoms with E-state index in [2.05, 4.69) is 10.3 Å². The van der Waals surface area contributed by atoms with Crippen LogP contribution in [0.4, 0.5) is 5.69 Å². The molecule has 0 aliphatic carbocycles. The van der Waals surface area contributed by atoms with Gasteiger partial charge in [-0.2, -0.15) is 0 Å². The van der Waals surface area contributed by atoms with Crippen LogP contribution < -0.4 is 19.5 Å². The summed E-state index contributed by atoms with van der Waals surface area (Å²) in [4.78, 5) is 16.3. The molecule has 3 rings (SSSR count). The number of hydrogen-bond donors (Lipinski definition) is 1. The number of pyridine rings is 1. The number of benzene rings is 1. The Balaban J connectivity index is 1.81. The number of anilines is 1. The topological polar surface area (TPSA) is 69.7 Å². The van der Waals surface area contributed by atoms with Gasteiger partial charge in [-0.3, -0.25) is 4.79 Å². The summed E-state index contributed by atoms with van der Waals surface area (Å²) in [6.07, 6.45) is 1.57. The van der Waals surface area contributed by atoms with Gasteiger partial charge in [0.1, 0.15) is 18.8 Å². The maximum Gasteiger partial charge on any atom is 0.261 e. The number of rotatable bonds is 3. The van der Waals surface area contributed by atoms with Crippen molar-refractivity contribution in [3.8, 4) is 17.4 Å². The van der Waals surface area contributed by atoms with E-state index < -0.39 is 0 Å². The van der Waals surface area contributed by atoms with Crippen LogP contribution in [-0.4, -0.2) is 31.2 Å². The summed E-state index contributed by atoms with van der Waals surface area (Å²) in [5.74, 6) is 1.29. The number of nitrogens with zero attached hydrogens (tertiary/aromatic N) is 1. The van der Waals surface area contributed by atoms with Crippen LogP contribution in [0.5, 0.6) is 17.4 Å². The number of ether oxygens (including phenoxy) is 3. The van der Waals surface area contributed by atoms with E-state index in [1.54, 1.807) is 36.5 Å². The van der Waals surface area contributed by atoms with Gasteiger partial charge in [-0.1, -0.05) is 0 Å². The van der Waals surface area contributed by atoms with Gasteiger partial charge >= 0.3 is 0 Å². The molecule has 6 heteroatoms. The van der Waals surface area contributed by atoms with E-state index in [1.165, 1.54) is 7.11 Å². The van der Waals surface area contributed by atoms with Crippen LogP contribution in [0, 0.1) is 0 Å². The van der Waals surface area contributed by atoms with Crippen molar-refractivity contribution in [3.63, 3.8) is 0 Å². The molecule has 1 N–H and O–H groups in total. The first-order valence-corrected chi connectivity index (χ1v) is 6.48. The zero-order valence-corrected chi connectivity index (χ0v) is 11.5. The first-order valence-electron chi connectivity index (χ1n) is 6.48. The largest absolute Gasteiger partial charge is 0.486 e. The predicted octanol–water partition coefficient (Wildman–Crippen LogP) is 2.11. The van der Waals surface area contributed by atoms with E-state index in [0.29, 0.717) is 36.0 Å². The van der Waals surface area contributed by atoms with E-state index in [-0.39, 0.29) is 11.8 Å². The predicted molar refractivity (Wildman–Crippen MR) is 76.2 cm³/mol. The molecule has 0 radical (unpaired) electrons. The Bertz CT molecular complexity index is 672. The minimum absolute atomic E-state index is 0.285. The van der Waals surface area contributed by atoms with Gasteiger partial charge in [0.15, 0.2) is 11.5 Å². The molecule has 0 fully saturated rings. The highest BCUT2D eigenvalue weighted by atomic mass is 16.6. The van der Waals surface area contributed by atoms with Crippen molar-refractivity contribution < 1.29 is 19.0 Å². The second-order valence-electron chi connectivity index (χ2n) is 4.37. The minimum atomic E-state index is -0.295. The normalized spacial score (nSPS) is 12.6. The second-order valence-corrected chi connectivity index (χ2v) is 4.37. The number of hydrogen-bond acceptors (Lipinski definition) is 5. The molecule has 108 valence electrons. The fraction of sp³-hybridized carbons (Fsp3) is 0.200. The third kappa shape index (κ3) is 2.74. The number of methoxy groups -OCH3 is 1. The Morgan fingerprint density at radius 1 is 1.24 bits per heavy atom. The van der Waals surface area contributed by atoms with E-state index in [9.17, 15) is 4.79 Å². The number of carbonyl (C=O) groups excluding carboxylic acids is 1. The van der Waals surface area contributed by atoms with Crippen LogP contribution in [0.2, 0.25) is 0 Å². The average Bonchev–Trinajstić information content (AvgIpc) is 2.54. The molecule has 2 aromatic rings. The molecule has 1 aliphatic rings. The van der Waals surface area contributed by atoms with Crippen molar-refractivity contribution in [2.24, 2.45) is 0 Å². The molecule has 2 heterocycles. The zero-order chi connectivity index (χ0) is 14.7. The molecular formula is C15H14N2O4. The Morgan fingerprint density at radius 2 is 2.05 bits per heavy atom. The molecular weight excluding hydrogens is 272 g/mol. The van der Waals surface area contributed by atoms with Crippen molar-refractivity contribution >= 4 is 11.6 Å². The van der Waals surface area contributed by atoms with E-state index in [1.807, 2.05) is 0 Å². The first-order chi connectivity index (χ1) is 10.3. The lowest BCUT2D eigenvalue weighted by Gasteiger charge is -2.19. The Labute approximate surface area is 121 Å². The lowest BCUT2D eigenvalue weighted by atomic mass is 10.2. The molecule has 0 atom stereocenters. The molecule has 1 aliphatic heterocycles. The highest BCUT2D eigenvalue weighted by Crippen LogP contribution is 2.32. The van der Waals surface area contributed by atoms with Gasteiger partial charge in [0.25, 0.3) is 5.91 Å². The third-order valence-electron chi connectivity index (χ3n) is 3.01. The lowest BCUT2D eigenvalue weighted by molar-refractivity contribution is 0.102. The van der Waals surface area contributed by atoms with Crippen LogP contribution in [0.1, 0.15) is 10.4 Å². The monoisotopic (exact) mass is 286 g/mol. The van der Waals surface area contributed by atoms with Crippen LogP contribution in [-0.2, 0) is 0 Å². The van der Waals surface area contributed by atoms with E-state index in [4.69, 9.17) is 14.2 Å². The first kappa shape index (κ1) is 13.2. The van der Waals surface area contributed by atoms with E-state index >= 15 is 0 Å².